The van der Waals surface area contributed by atoms with Crippen molar-refractivity contribution in [1.29, 1.82) is 0 Å². The summed E-state index contributed by atoms with van der Waals surface area (Å²) in [5.41, 5.74) is 2.04. The predicted molar refractivity (Wildman–Crippen MR) is 105 cm³/mol. The highest BCUT2D eigenvalue weighted by Gasteiger charge is 2.13. The zero-order valence-corrected chi connectivity index (χ0v) is 16.1. The monoisotopic (exact) mass is 397 g/mol. The molecule has 0 bridgehead atoms. The van der Waals surface area contributed by atoms with Crippen molar-refractivity contribution in [1.82, 2.24) is 25.0 Å². The van der Waals surface area contributed by atoms with Crippen LogP contribution in [0.5, 0.6) is 0 Å². The summed E-state index contributed by atoms with van der Waals surface area (Å²) in [6.45, 7) is 2.67. The summed E-state index contributed by atoms with van der Waals surface area (Å²) in [5, 5.41) is 18.2. The van der Waals surface area contributed by atoms with Crippen molar-refractivity contribution in [2.24, 2.45) is 0 Å². The number of aryl methyl sites for hydroxylation is 1. The van der Waals surface area contributed by atoms with Gasteiger partial charge >= 0.3 is 0 Å². The van der Waals surface area contributed by atoms with Crippen LogP contribution in [-0.2, 0) is 12.3 Å². The van der Waals surface area contributed by atoms with E-state index in [4.69, 9.17) is 16.0 Å². The fourth-order valence-corrected chi connectivity index (χ4v) is 3.51. The third kappa shape index (κ3) is 4.20. The predicted octanol–water partition coefficient (Wildman–Crippen LogP) is 4.63. The van der Waals surface area contributed by atoms with Gasteiger partial charge in [0.05, 0.1) is 12.3 Å². The van der Waals surface area contributed by atoms with E-state index in [2.05, 4.69) is 37.1 Å². The van der Waals surface area contributed by atoms with Gasteiger partial charge in [-0.15, -0.1) is 20.4 Å². The molecule has 0 N–H and O–H groups in total. The van der Waals surface area contributed by atoms with Crippen molar-refractivity contribution < 1.29 is 4.42 Å². The Hall–Kier alpha value is -2.64. The van der Waals surface area contributed by atoms with Gasteiger partial charge in [0.1, 0.15) is 5.82 Å². The van der Waals surface area contributed by atoms with Gasteiger partial charge in [-0.1, -0.05) is 53.7 Å². The average Bonchev–Trinajstić information content (AvgIpc) is 3.29. The SMILES string of the molecule is Cc1nnc(SCc2nnc(-c3ccc(Cl)cc3)o2)n1Cc1ccccc1. The van der Waals surface area contributed by atoms with Crippen LogP contribution < -0.4 is 0 Å². The van der Waals surface area contributed by atoms with Gasteiger partial charge in [0.25, 0.3) is 0 Å². The highest BCUT2D eigenvalue weighted by Crippen LogP contribution is 2.25. The lowest BCUT2D eigenvalue weighted by Gasteiger charge is -2.07. The zero-order valence-electron chi connectivity index (χ0n) is 14.5. The molecule has 27 heavy (non-hydrogen) atoms. The summed E-state index contributed by atoms with van der Waals surface area (Å²) in [4.78, 5) is 0. The molecule has 0 aliphatic heterocycles. The molecule has 0 unspecified atom stereocenters. The minimum atomic E-state index is 0.476. The third-order valence-corrected chi connectivity index (χ3v) is 5.17. The Labute approximate surface area is 165 Å². The molecule has 0 radical (unpaired) electrons. The van der Waals surface area contributed by atoms with Crippen molar-refractivity contribution in [2.75, 3.05) is 0 Å². The third-order valence-electron chi connectivity index (χ3n) is 3.97. The van der Waals surface area contributed by atoms with Crippen LogP contribution in [-0.4, -0.2) is 25.0 Å². The number of rotatable bonds is 6. The van der Waals surface area contributed by atoms with Crippen molar-refractivity contribution >= 4 is 23.4 Å². The largest absolute Gasteiger partial charge is 0.420 e. The quantitative estimate of drug-likeness (QED) is 0.442. The Morgan fingerprint density at radius 2 is 1.74 bits per heavy atom. The minimum absolute atomic E-state index is 0.476. The molecule has 2 aromatic heterocycles. The van der Waals surface area contributed by atoms with E-state index >= 15 is 0 Å². The van der Waals surface area contributed by atoms with Gasteiger partial charge < -0.3 is 8.98 Å². The first-order chi connectivity index (χ1) is 13.2. The topological polar surface area (TPSA) is 69.6 Å². The Kier molecular flexibility index (Phi) is 5.22. The molecule has 8 heteroatoms. The molecule has 0 saturated carbocycles. The first kappa shape index (κ1) is 17.8. The van der Waals surface area contributed by atoms with Gasteiger partial charge in [0.15, 0.2) is 5.16 Å². The lowest BCUT2D eigenvalue weighted by Crippen LogP contribution is -2.03. The molecule has 4 rings (SSSR count). The van der Waals surface area contributed by atoms with Gasteiger partial charge in [-0.25, -0.2) is 0 Å². The van der Waals surface area contributed by atoms with Crippen molar-refractivity contribution in [3.8, 4) is 11.5 Å². The van der Waals surface area contributed by atoms with E-state index in [1.165, 1.54) is 17.3 Å². The molecule has 0 atom stereocenters. The van der Waals surface area contributed by atoms with Crippen LogP contribution in [0.25, 0.3) is 11.5 Å². The normalized spacial score (nSPS) is 11.0. The summed E-state index contributed by atoms with van der Waals surface area (Å²) in [5.74, 6) is 2.41. The maximum atomic E-state index is 5.91. The molecular formula is C19H16ClN5OS. The van der Waals surface area contributed by atoms with Crippen LogP contribution in [0.15, 0.2) is 64.2 Å². The molecular weight excluding hydrogens is 382 g/mol. The van der Waals surface area contributed by atoms with Gasteiger partial charge in [-0.05, 0) is 36.8 Å². The van der Waals surface area contributed by atoms with E-state index in [1.54, 1.807) is 12.1 Å². The van der Waals surface area contributed by atoms with E-state index in [0.717, 1.165) is 23.1 Å². The number of halogens is 1. The number of thioether (sulfide) groups is 1. The molecule has 0 saturated heterocycles. The lowest BCUT2D eigenvalue weighted by molar-refractivity contribution is 0.528. The van der Waals surface area contributed by atoms with Gasteiger partial charge in [-0.2, -0.15) is 0 Å². The van der Waals surface area contributed by atoms with Crippen molar-refractivity contribution in [3.63, 3.8) is 0 Å². The van der Waals surface area contributed by atoms with Crippen LogP contribution in [0.2, 0.25) is 5.02 Å². The maximum Gasteiger partial charge on any atom is 0.247 e. The van der Waals surface area contributed by atoms with Gasteiger partial charge in [0, 0.05) is 10.6 Å². The second-order valence-electron chi connectivity index (χ2n) is 5.90. The molecule has 6 nitrogen and oxygen atoms in total. The van der Waals surface area contributed by atoms with Crippen LogP contribution in [0.4, 0.5) is 0 Å². The van der Waals surface area contributed by atoms with Crippen molar-refractivity contribution in [2.45, 2.75) is 24.4 Å². The van der Waals surface area contributed by atoms with E-state index in [9.17, 15) is 0 Å². The average molecular weight is 398 g/mol. The fraction of sp³-hybridized carbons (Fsp3) is 0.158. The Morgan fingerprint density at radius 1 is 0.963 bits per heavy atom. The number of benzene rings is 2. The van der Waals surface area contributed by atoms with E-state index in [0.29, 0.717) is 22.6 Å². The number of hydrogen-bond acceptors (Lipinski definition) is 6. The molecule has 0 spiro atoms. The zero-order chi connectivity index (χ0) is 18.6. The van der Waals surface area contributed by atoms with E-state index in [1.807, 2.05) is 37.3 Å². The molecule has 0 aliphatic carbocycles. The summed E-state index contributed by atoms with van der Waals surface area (Å²) in [7, 11) is 0. The summed E-state index contributed by atoms with van der Waals surface area (Å²) < 4.78 is 7.83. The van der Waals surface area contributed by atoms with Gasteiger partial charge in [-0.3, -0.25) is 0 Å². The molecule has 0 aliphatic rings. The van der Waals surface area contributed by atoms with E-state index < -0.39 is 0 Å². The maximum absolute atomic E-state index is 5.91. The molecule has 0 fully saturated rings. The van der Waals surface area contributed by atoms with Crippen molar-refractivity contribution in [3.05, 3.63) is 76.9 Å². The summed E-state index contributed by atoms with van der Waals surface area (Å²) in [6, 6.07) is 17.5. The Morgan fingerprint density at radius 3 is 2.52 bits per heavy atom. The number of aromatic nitrogens is 5. The second-order valence-corrected chi connectivity index (χ2v) is 7.28. The highest BCUT2D eigenvalue weighted by molar-refractivity contribution is 7.98. The van der Waals surface area contributed by atoms with Crippen LogP contribution in [0.3, 0.4) is 0 Å². The summed E-state index contributed by atoms with van der Waals surface area (Å²) in [6.07, 6.45) is 0. The second kappa shape index (κ2) is 7.94. The fourth-order valence-electron chi connectivity index (χ4n) is 2.56. The molecule has 0 amide bonds. The number of hydrogen-bond donors (Lipinski definition) is 0. The van der Waals surface area contributed by atoms with Crippen LogP contribution in [0.1, 0.15) is 17.3 Å². The minimum Gasteiger partial charge on any atom is -0.420 e. The van der Waals surface area contributed by atoms with Gasteiger partial charge in [0.2, 0.25) is 11.8 Å². The highest BCUT2D eigenvalue weighted by atomic mass is 35.5. The molecule has 136 valence electrons. The van der Waals surface area contributed by atoms with Crippen LogP contribution >= 0.6 is 23.4 Å². The lowest BCUT2D eigenvalue weighted by atomic mass is 10.2. The van der Waals surface area contributed by atoms with E-state index in [-0.39, 0.29) is 0 Å². The Balaban J connectivity index is 1.46. The number of nitrogens with zero attached hydrogens (tertiary/aromatic N) is 5. The Bertz CT molecular complexity index is 1030. The smallest absolute Gasteiger partial charge is 0.247 e. The molecule has 2 aromatic carbocycles. The molecule has 2 heterocycles. The molecule has 4 aromatic rings. The summed E-state index contributed by atoms with van der Waals surface area (Å²) >= 11 is 7.43. The standard InChI is InChI=1S/C19H16ClN5OS/c1-13-21-24-19(25(13)11-14-5-3-2-4-6-14)27-12-17-22-23-18(26-17)15-7-9-16(20)10-8-15/h2-10H,11-12H2,1H3. The first-order valence-electron chi connectivity index (χ1n) is 8.34. The van der Waals surface area contributed by atoms with Crippen LogP contribution in [0, 0.1) is 6.92 Å². The first-order valence-corrected chi connectivity index (χ1v) is 9.70.